The summed E-state index contributed by atoms with van der Waals surface area (Å²) in [6.45, 7) is 23.0. The minimum atomic E-state index is -0.361. The molecule has 0 aliphatic heterocycles. The lowest BCUT2D eigenvalue weighted by atomic mass is 9.79. The molecule has 70 heavy (non-hydrogen) atoms. The van der Waals surface area contributed by atoms with Crippen LogP contribution in [0.2, 0.25) is 0 Å². The van der Waals surface area contributed by atoms with E-state index in [-0.39, 0.29) is 10.8 Å². The number of allylic oxidation sites excluding steroid dienone is 1. The van der Waals surface area contributed by atoms with Gasteiger partial charge in [-0.3, -0.25) is 0 Å². The maximum atomic E-state index is 7.28. The second kappa shape index (κ2) is 15.0. The van der Waals surface area contributed by atoms with Gasteiger partial charge in [0.05, 0.1) is 11.4 Å². The van der Waals surface area contributed by atoms with Gasteiger partial charge in [-0.25, -0.2) is 0 Å². The highest BCUT2D eigenvalue weighted by molar-refractivity contribution is 6.20. The minimum Gasteiger partial charge on any atom is -0.456 e. The minimum absolute atomic E-state index is 0.359. The highest BCUT2D eigenvalue weighted by Gasteiger charge is 2.46. The molecular weight excluding hydrogens is 853 g/mol. The van der Waals surface area contributed by atoms with Crippen LogP contribution in [0.3, 0.4) is 0 Å². The molecule has 0 bridgehead atoms. The molecule has 8 aromatic carbocycles. The summed E-state index contributed by atoms with van der Waals surface area (Å²) in [7, 11) is 0. The molecule has 2 heterocycles. The second-order valence-corrected chi connectivity index (χ2v) is 21.5. The lowest BCUT2D eigenvalue weighted by Crippen LogP contribution is -2.18. The van der Waals surface area contributed by atoms with Crippen molar-refractivity contribution in [1.82, 2.24) is 0 Å². The maximum absolute atomic E-state index is 7.28. The smallest absolute Gasteiger partial charge is 0.160 e. The summed E-state index contributed by atoms with van der Waals surface area (Å²) in [5, 5.41) is 3.52. The quantitative estimate of drug-likeness (QED) is 0.166. The zero-order valence-electron chi connectivity index (χ0n) is 42.0. The molecule has 0 saturated heterocycles. The van der Waals surface area contributed by atoms with Crippen LogP contribution >= 0.6 is 0 Å². The summed E-state index contributed by atoms with van der Waals surface area (Å²) < 4.78 is 14.4. The predicted octanol–water partition coefficient (Wildman–Crippen LogP) is 18.7. The summed E-state index contributed by atoms with van der Waals surface area (Å²) in [4.78, 5) is 4.98. The molecule has 3 aliphatic carbocycles. The van der Waals surface area contributed by atoms with E-state index in [1.165, 1.54) is 111 Å². The third kappa shape index (κ3) is 5.89. The lowest BCUT2D eigenvalue weighted by molar-refractivity contribution is 0.595. The van der Waals surface area contributed by atoms with Gasteiger partial charge in [-0.05, 0) is 176 Å². The average Bonchev–Trinajstić information content (AvgIpc) is 4.04. The van der Waals surface area contributed by atoms with Crippen LogP contribution in [0.1, 0.15) is 101 Å². The van der Waals surface area contributed by atoms with Crippen LogP contribution < -0.4 is 9.80 Å². The molecular formula is C66H58N2O2. The van der Waals surface area contributed by atoms with Crippen molar-refractivity contribution in [2.24, 2.45) is 0 Å². The molecule has 0 radical (unpaired) electrons. The van der Waals surface area contributed by atoms with Crippen molar-refractivity contribution < 1.29 is 8.83 Å². The second-order valence-electron chi connectivity index (χ2n) is 21.5. The van der Waals surface area contributed by atoms with E-state index in [2.05, 4.69) is 225 Å². The van der Waals surface area contributed by atoms with Crippen molar-refractivity contribution in [3.63, 3.8) is 0 Å². The fraction of sp³-hybridized carbons (Fsp3) is 0.212. The van der Waals surface area contributed by atoms with E-state index in [0.29, 0.717) is 0 Å². The van der Waals surface area contributed by atoms with Crippen LogP contribution in [-0.2, 0) is 17.3 Å². The van der Waals surface area contributed by atoms with Gasteiger partial charge >= 0.3 is 0 Å². The van der Waals surface area contributed by atoms with E-state index in [4.69, 9.17) is 8.83 Å². The Morgan fingerprint density at radius 1 is 0.443 bits per heavy atom. The van der Waals surface area contributed by atoms with Gasteiger partial charge in [0.25, 0.3) is 0 Å². The summed E-state index contributed by atoms with van der Waals surface area (Å²) in [6, 6.07) is 50.0. The van der Waals surface area contributed by atoms with Gasteiger partial charge in [0.2, 0.25) is 0 Å². The molecule has 0 N–H and O–H groups in total. The third-order valence-electron chi connectivity index (χ3n) is 16.3. The highest BCUT2D eigenvalue weighted by atomic mass is 16.3. The Morgan fingerprint density at radius 3 is 1.59 bits per heavy atom. The number of rotatable bonds is 6. The van der Waals surface area contributed by atoms with Crippen molar-refractivity contribution >= 4 is 73.1 Å². The Hall–Kier alpha value is -7.56. The molecule has 0 spiro atoms. The van der Waals surface area contributed by atoms with Gasteiger partial charge in [-0.2, -0.15) is 0 Å². The molecule has 13 rings (SSSR count). The van der Waals surface area contributed by atoms with Crippen LogP contribution in [0.4, 0.5) is 34.1 Å². The number of para-hydroxylation sites is 3. The zero-order chi connectivity index (χ0) is 48.1. The van der Waals surface area contributed by atoms with E-state index in [1.54, 1.807) is 0 Å². The van der Waals surface area contributed by atoms with Crippen molar-refractivity contribution in [2.75, 3.05) is 9.80 Å². The van der Waals surface area contributed by atoms with E-state index < -0.39 is 0 Å². The third-order valence-corrected chi connectivity index (χ3v) is 16.3. The molecule has 0 atom stereocenters. The van der Waals surface area contributed by atoms with E-state index in [0.717, 1.165) is 57.8 Å². The van der Waals surface area contributed by atoms with Crippen LogP contribution in [0.5, 0.6) is 0 Å². The van der Waals surface area contributed by atoms with Gasteiger partial charge in [-0.15, -0.1) is 0 Å². The number of fused-ring (bicyclic) bond motifs is 14. The fourth-order valence-electron chi connectivity index (χ4n) is 12.8. The lowest BCUT2D eigenvalue weighted by Gasteiger charge is -2.31. The molecule has 0 unspecified atom stereocenters. The number of furan rings is 2. The van der Waals surface area contributed by atoms with Crippen molar-refractivity contribution in [3.05, 3.63) is 206 Å². The Kier molecular flexibility index (Phi) is 9.10. The van der Waals surface area contributed by atoms with Gasteiger partial charge in [0, 0.05) is 60.9 Å². The molecule has 0 saturated carbocycles. The molecule has 3 aliphatic rings. The van der Waals surface area contributed by atoms with E-state index in [9.17, 15) is 0 Å². The normalized spacial score (nSPS) is 14.8. The van der Waals surface area contributed by atoms with Crippen LogP contribution in [-0.4, -0.2) is 0 Å². The van der Waals surface area contributed by atoms with Crippen LogP contribution in [0, 0.1) is 41.5 Å². The Labute approximate surface area is 411 Å². The molecule has 0 amide bonds. The standard InChI is InChI=1S/C66H58N2O2/c1-37-27-29-53(41(5)31-37)67(51-23-15-11-19-39(51)3)55-35-50-60(64-61(55)43-21-13-17-25-57(43)70-64)46-34-47-45(33-48(46)66(50,9)10)59-49(65(47,7)8)36-56(63-62(59)44-22-14-18-26-58(44)69-63)68(52-24-16-12-20-40(52)4)54-30-28-38(2)32-42(54)6/h11-12,14-20,22-36H,13,21H2,1-10H3. The zero-order valence-corrected chi connectivity index (χ0v) is 42.0. The first-order chi connectivity index (χ1) is 33.7. The van der Waals surface area contributed by atoms with E-state index >= 15 is 0 Å². The van der Waals surface area contributed by atoms with Crippen molar-refractivity contribution in [1.29, 1.82) is 0 Å². The first kappa shape index (κ1) is 42.5. The van der Waals surface area contributed by atoms with E-state index in [1.807, 2.05) is 0 Å². The van der Waals surface area contributed by atoms with Crippen LogP contribution in [0.15, 0.2) is 148 Å². The predicted molar refractivity (Wildman–Crippen MR) is 294 cm³/mol. The molecule has 4 nitrogen and oxygen atoms in total. The Balaban J connectivity index is 1.09. The topological polar surface area (TPSA) is 32.8 Å². The average molecular weight is 911 g/mol. The number of nitrogens with zero attached hydrogens (tertiary/aromatic N) is 2. The van der Waals surface area contributed by atoms with Gasteiger partial charge in [0.15, 0.2) is 5.58 Å². The molecule has 4 heteroatoms. The first-order valence-electron chi connectivity index (χ1n) is 25.1. The number of anilines is 6. The number of hydrogen-bond acceptors (Lipinski definition) is 4. The highest BCUT2D eigenvalue weighted by Crippen LogP contribution is 2.62. The van der Waals surface area contributed by atoms with Crippen molar-refractivity contribution in [2.45, 2.75) is 92.9 Å². The molecule has 344 valence electrons. The number of benzene rings is 8. The number of hydrogen-bond donors (Lipinski definition) is 0. The van der Waals surface area contributed by atoms with Gasteiger partial charge in [0.1, 0.15) is 16.9 Å². The molecule has 10 aromatic rings. The summed E-state index contributed by atoms with van der Waals surface area (Å²) in [6.07, 6.45) is 6.40. The number of aryl methyl sites for hydroxylation is 7. The molecule has 2 aromatic heterocycles. The summed E-state index contributed by atoms with van der Waals surface area (Å²) >= 11 is 0. The Bertz CT molecular complexity index is 3930. The first-order valence-corrected chi connectivity index (χ1v) is 25.1. The monoisotopic (exact) mass is 910 g/mol. The SMILES string of the molecule is Cc1ccc(N(c2ccccc2C)c2cc3c(c4c2oc2ccccc24)-c2cc4c(cc2C3(C)C)-c2c(cc(N(c3ccccc3C)c3ccc(C)cc3C)c3c5c(oc23)C=CCC5)C4(C)C)c(C)c1. The Morgan fingerprint density at radius 2 is 0.971 bits per heavy atom. The fourth-order valence-corrected chi connectivity index (χ4v) is 12.8. The largest absolute Gasteiger partial charge is 0.456 e. The van der Waals surface area contributed by atoms with Crippen molar-refractivity contribution in [3.8, 4) is 22.3 Å². The van der Waals surface area contributed by atoms with Gasteiger partial charge < -0.3 is 18.6 Å². The maximum Gasteiger partial charge on any atom is 0.160 e. The molecule has 0 fully saturated rings. The van der Waals surface area contributed by atoms with Crippen LogP contribution in [0.25, 0.3) is 61.2 Å². The summed E-state index contributed by atoms with van der Waals surface area (Å²) in [5.41, 5.74) is 27.9. The van der Waals surface area contributed by atoms with Gasteiger partial charge in [-0.1, -0.05) is 124 Å². The summed E-state index contributed by atoms with van der Waals surface area (Å²) in [5.74, 6) is 0.977.